The van der Waals surface area contributed by atoms with Gasteiger partial charge in [0.1, 0.15) is 19.3 Å². The summed E-state index contributed by atoms with van der Waals surface area (Å²) in [5.74, 6) is 0.409. The number of nitrogens with zero attached hydrogens (tertiary/aromatic N) is 3. The lowest BCUT2D eigenvalue weighted by Gasteiger charge is -2.08. The van der Waals surface area contributed by atoms with E-state index in [1.54, 1.807) is 6.92 Å². The van der Waals surface area contributed by atoms with Crippen LogP contribution >= 0.6 is 0 Å². The first-order chi connectivity index (χ1) is 13.5. The van der Waals surface area contributed by atoms with Crippen molar-refractivity contribution in [2.75, 3.05) is 6.54 Å². The van der Waals surface area contributed by atoms with E-state index in [-0.39, 0.29) is 25.5 Å². The number of nitro groups is 1. The van der Waals surface area contributed by atoms with Crippen LogP contribution in [0.5, 0.6) is 0 Å². The van der Waals surface area contributed by atoms with E-state index in [4.69, 9.17) is 4.74 Å². The van der Waals surface area contributed by atoms with E-state index >= 15 is 0 Å². The molecule has 0 aliphatic rings. The fraction of sp³-hybridized carbons (Fsp3) is 0.200. The van der Waals surface area contributed by atoms with Crippen LogP contribution in [0.4, 0.5) is 10.6 Å². The molecule has 1 heterocycles. The van der Waals surface area contributed by atoms with Gasteiger partial charge in [0.05, 0.1) is 6.54 Å². The molecule has 2 aromatic carbocycles. The molecular weight excluding hydrogens is 360 g/mol. The second-order valence-corrected chi connectivity index (χ2v) is 6.14. The number of rotatable bonds is 7. The second kappa shape index (κ2) is 8.81. The number of imidazole rings is 1. The first kappa shape index (κ1) is 19.1. The summed E-state index contributed by atoms with van der Waals surface area (Å²) >= 11 is 0. The molecular formula is C20H20N4O4. The van der Waals surface area contributed by atoms with Gasteiger partial charge in [-0.25, -0.2) is 14.3 Å². The number of nitrogens with one attached hydrogen (secondary N) is 1. The van der Waals surface area contributed by atoms with Gasteiger partial charge in [0.2, 0.25) is 0 Å². The first-order valence-corrected chi connectivity index (χ1v) is 8.76. The van der Waals surface area contributed by atoms with Gasteiger partial charge in [-0.3, -0.25) is 0 Å². The number of aryl methyl sites for hydroxylation is 1. The summed E-state index contributed by atoms with van der Waals surface area (Å²) in [5, 5.41) is 13.5. The Balaban J connectivity index is 1.46. The monoisotopic (exact) mass is 380 g/mol. The van der Waals surface area contributed by atoms with E-state index in [0.717, 1.165) is 16.7 Å². The van der Waals surface area contributed by atoms with Crippen LogP contribution in [0, 0.1) is 17.0 Å². The highest BCUT2D eigenvalue weighted by atomic mass is 16.6. The molecule has 1 N–H and O–H groups in total. The molecule has 1 amide bonds. The maximum Gasteiger partial charge on any atom is 0.407 e. The average Bonchev–Trinajstić information content (AvgIpc) is 3.08. The molecule has 3 aromatic rings. The van der Waals surface area contributed by atoms with Crippen LogP contribution in [0.25, 0.3) is 11.1 Å². The van der Waals surface area contributed by atoms with Gasteiger partial charge in [-0.15, -0.1) is 0 Å². The van der Waals surface area contributed by atoms with Crippen molar-refractivity contribution < 1.29 is 14.5 Å². The predicted molar refractivity (Wildman–Crippen MR) is 104 cm³/mol. The number of amides is 1. The molecule has 28 heavy (non-hydrogen) atoms. The summed E-state index contributed by atoms with van der Waals surface area (Å²) in [4.78, 5) is 26.2. The van der Waals surface area contributed by atoms with Crippen molar-refractivity contribution in [1.29, 1.82) is 0 Å². The van der Waals surface area contributed by atoms with Crippen molar-refractivity contribution >= 4 is 11.9 Å². The molecule has 8 nitrogen and oxygen atoms in total. The van der Waals surface area contributed by atoms with Crippen LogP contribution in [-0.2, 0) is 17.9 Å². The standard InChI is InChI=1S/C20H20N4O4/c1-15-22-13-19(24(26)27)23(15)12-11-21-20(25)28-14-16-7-9-18(10-8-16)17-5-3-2-4-6-17/h2-10,13H,11-12,14H2,1H3,(H,21,25). The molecule has 0 bridgehead atoms. The number of hydrogen-bond acceptors (Lipinski definition) is 5. The zero-order valence-electron chi connectivity index (χ0n) is 15.4. The topological polar surface area (TPSA) is 99.3 Å². The predicted octanol–water partition coefficient (Wildman–Crippen LogP) is 3.69. The highest BCUT2D eigenvalue weighted by Gasteiger charge is 2.17. The van der Waals surface area contributed by atoms with Crippen LogP contribution in [0.2, 0.25) is 0 Å². The lowest BCUT2D eigenvalue weighted by Crippen LogP contribution is -2.28. The van der Waals surface area contributed by atoms with E-state index < -0.39 is 11.0 Å². The minimum absolute atomic E-state index is 0.105. The van der Waals surface area contributed by atoms with Crippen molar-refractivity contribution in [3.63, 3.8) is 0 Å². The number of hydrogen-bond donors (Lipinski definition) is 1. The SMILES string of the molecule is Cc1ncc([N+](=O)[O-])n1CCNC(=O)OCc1ccc(-c2ccccc2)cc1. The average molecular weight is 380 g/mol. The maximum absolute atomic E-state index is 11.8. The Morgan fingerprint density at radius 2 is 1.82 bits per heavy atom. The number of ether oxygens (including phenoxy) is 1. The van der Waals surface area contributed by atoms with Gasteiger partial charge in [-0.2, -0.15) is 0 Å². The van der Waals surface area contributed by atoms with E-state index in [0.29, 0.717) is 5.82 Å². The molecule has 0 unspecified atom stereocenters. The summed E-state index contributed by atoms with van der Waals surface area (Å²) in [6.45, 7) is 2.25. The van der Waals surface area contributed by atoms with Crippen LogP contribution in [0.1, 0.15) is 11.4 Å². The van der Waals surface area contributed by atoms with Gasteiger partial charge < -0.3 is 20.2 Å². The Labute approximate surface area is 161 Å². The Morgan fingerprint density at radius 1 is 1.14 bits per heavy atom. The number of alkyl carbamates (subject to hydrolysis) is 1. The fourth-order valence-corrected chi connectivity index (χ4v) is 2.77. The van der Waals surface area contributed by atoms with E-state index in [1.165, 1.54) is 10.8 Å². The third kappa shape index (κ3) is 4.73. The first-order valence-electron chi connectivity index (χ1n) is 8.76. The number of carbonyl (C=O) groups excluding carboxylic acids is 1. The molecule has 0 radical (unpaired) electrons. The second-order valence-electron chi connectivity index (χ2n) is 6.14. The maximum atomic E-state index is 11.8. The third-order valence-electron chi connectivity index (χ3n) is 4.26. The molecule has 8 heteroatoms. The molecule has 0 fully saturated rings. The van der Waals surface area contributed by atoms with Crippen LogP contribution in [0.15, 0.2) is 60.8 Å². The molecule has 0 aliphatic heterocycles. The highest BCUT2D eigenvalue weighted by molar-refractivity contribution is 5.67. The van der Waals surface area contributed by atoms with E-state index in [1.807, 2.05) is 54.6 Å². The van der Waals surface area contributed by atoms with Crippen molar-refractivity contribution in [2.24, 2.45) is 0 Å². The van der Waals surface area contributed by atoms with Gasteiger partial charge in [-0.05, 0) is 21.6 Å². The van der Waals surface area contributed by atoms with Gasteiger partial charge in [-0.1, -0.05) is 54.6 Å². The minimum atomic E-state index is -0.576. The Hall–Kier alpha value is -3.68. The van der Waals surface area contributed by atoms with Crippen molar-refractivity contribution in [1.82, 2.24) is 14.9 Å². The Morgan fingerprint density at radius 3 is 2.50 bits per heavy atom. The zero-order valence-corrected chi connectivity index (χ0v) is 15.4. The summed E-state index contributed by atoms with van der Waals surface area (Å²) in [6.07, 6.45) is 0.625. The van der Waals surface area contributed by atoms with E-state index in [9.17, 15) is 14.9 Å². The van der Waals surface area contributed by atoms with Gasteiger partial charge in [0, 0.05) is 6.92 Å². The molecule has 0 aliphatic carbocycles. The lowest BCUT2D eigenvalue weighted by atomic mass is 10.0. The fourth-order valence-electron chi connectivity index (χ4n) is 2.77. The number of aromatic nitrogens is 2. The van der Waals surface area contributed by atoms with E-state index in [2.05, 4.69) is 10.3 Å². The number of carbonyl (C=O) groups is 1. The molecule has 144 valence electrons. The van der Waals surface area contributed by atoms with Crippen molar-refractivity contribution in [3.8, 4) is 11.1 Å². The molecule has 1 aromatic heterocycles. The Bertz CT molecular complexity index is 952. The largest absolute Gasteiger partial charge is 0.445 e. The molecule has 0 spiro atoms. The van der Waals surface area contributed by atoms with Crippen molar-refractivity contribution in [2.45, 2.75) is 20.1 Å². The molecule has 0 saturated carbocycles. The van der Waals surface area contributed by atoms with Crippen LogP contribution < -0.4 is 5.32 Å². The summed E-state index contributed by atoms with van der Waals surface area (Å²) < 4.78 is 6.63. The lowest BCUT2D eigenvalue weighted by molar-refractivity contribution is -0.392. The third-order valence-corrected chi connectivity index (χ3v) is 4.26. The van der Waals surface area contributed by atoms with Gasteiger partial charge in [0.15, 0.2) is 5.82 Å². The molecule has 3 rings (SSSR count). The highest BCUT2D eigenvalue weighted by Crippen LogP contribution is 2.19. The zero-order chi connectivity index (χ0) is 19.9. The summed E-state index contributed by atoms with van der Waals surface area (Å²) in [5.41, 5.74) is 3.08. The summed E-state index contributed by atoms with van der Waals surface area (Å²) in [7, 11) is 0. The normalized spacial score (nSPS) is 10.5. The van der Waals surface area contributed by atoms with Gasteiger partial charge >= 0.3 is 11.9 Å². The minimum Gasteiger partial charge on any atom is -0.445 e. The smallest absolute Gasteiger partial charge is 0.407 e. The Kier molecular flexibility index (Phi) is 6.01. The van der Waals surface area contributed by atoms with Crippen molar-refractivity contribution in [3.05, 3.63) is 82.3 Å². The van der Waals surface area contributed by atoms with Crippen LogP contribution in [0.3, 0.4) is 0 Å². The molecule has 0 saturated heterocycles. The molecule has 0 atom stereocenters. The van der Waals surface area contributed by atoms with Crippen LogP contribution in [-0.4, -0.2) is 27.1 Å². The summed E-state index contributed by atoms with van der Waals surface area (Å²) in [6, 6.07) is 17.8. The number of benzene rings is 2. The quantitative estimate of drug-likeness (QED) is 0.498. The van der Waals surface area contributed by atoms with Gasteiger partial charge in [0.25, 0.3) is 0 Å².